The molecule has 1 atom stereocenters. The summed E-state index contributed by atoms with van der Waals surface area (Å²) in [6.45, 7) is 4.05. The van der Waals surface area contributed by atoms with Gasteiger partial charge in [-0.05, 0) is 41.7 Å². The first-order valence-electron chi connectivity index (χ1n) is 11.3. The van der Waals surface area contributed by atoms with E-state index >= 15 is 4.39 Å². The maximum atomic E-state index is 15.0. The van der Waals surface area contributed by atoms with Crippen molar-refractivity contribution in [3.05, 3.63) is 90.4 Å². The second-order valence-electron chi connectivity index (χ2n) is 9.52. The van der Waals surface area contributed by atoms with E-state index in [0.29, 0.717) is 50.5 Å². The molecule has 5 rings (SSSR count). The van der Waals surface area contributed by atoms with Crippen LogP contribution in [0.4, 0.5) is 4.39 Å². The van der Waals surface area contributed by atoms with Gasteiger partial charge in [0, 0.05) is 17.6 Å². The summed E-state index contributed by atoms with van der Waals surface area (Å²) in [5, 5.41) is 0. The first-order chi connectivity index (χ1) is 16.7. The summed E-state index contributed by atoms with van der Waals surface area (Å²) in [5.41, 5.74) is 1.52. The molecule has 1 aliphatic heterocycles. The Morgan fingerprint density at radius 1 is 1.09 bits per heavy atom. The number of thiazole rings is 1. The van der Waals surface area contributed by atoms with E-state index in [0.717, 1.165) is 5.56 Å². The smallest absolute Gasteiger partial charge is 0.271 e. The zero-order valence-electron chi connectivity index (χ0n) is 19.9. The standard InChI is InChI=1S/C27H25FN2O4S/c1-27(2)13-18-23(19(31)14-27)24(16-7-5-6-8-17(16)28)30-25(32)22(35-26(30)29-18)12-15-9-10-20(33-3)21(11-15)34-4/h5-12,24H,13-14H2,1-4H3. The fraction of sp³-hybridized carbons (Fsp3) is 0.296. The van der Waals surface area contributed by atoms with Crippen molar-refractivity contribution in [1.29, 1.82) is 0 Å². The average Bonchev–Trinajstić information content (AvgIpc) is 3.11. The topological polar surface area (TPSA) is 69.9 Å². The third kappa shape index (κ3) is 4.01. The first kappa shape index (κ1) is 23.2. The molecule has 6 nitrogen and oxygen atoms in total. The van der Waals surface area contributed by atoms with E-state index in [-0.39, 0.29) is 16.8 Å². The highest BCUT2D eigenvalue weighted by molar-refractivity contribution is 7.07. The minimum absolute atomic E-state index is 0.0950. The van der Waals surface area contributed by atoms with Crippen molar-refractivity contribution in [3.63, 3.8) is 0 Å². The number of hydrogen-bond acceptors (Lipinski definition) is 6. The molecule has 0 radical (unpaired) electrons. The molecule has 2 aromatic carbocycles. The van der Waals surface area contributed by atoms with Crippen LogP contribution in [-0.4, -0.2) is 24.6 Å². The van der Waals surface area contributed by atoms with Crippen LogP contribution in [0, 0.1) is 11.2 Å². The molecule has 0 fully saturated rings. The van der Waals surface area contributed by atoms with E-state index in [9.17, 15) is 9.59 Å². The number of nitrogens with zero attached hydrogens (tertiary/aromatic N) is 2. The Kier molecular flexibility index (Phi) is 5.71. The normalized spacial score (nSPS) is 19.2. The molecule has 2 aliphatic rings. The molecule has 1 aromatic heterocycles. The molecule has 8 heteroatoms. The van der Waals surface area contributed by atoms with Crippen LogP contribution in [0.15, 0.2) is 63.5 Å². The lowest BCUT2D eigenvalue weighted by molar-refractivity contribution is -0.118. The molecule has 35 heavy (non-hydrogen) atoms. The zero-order chi connectivity index (χ0) is 24.9. The molecule has 1 unspecified atom stereocenters. The Balaban J connectivity index is 1.75. The number of methoxy groups -OCH3 is 2. The van der Waals surface area contributed by atoms with Crippen molar-refractivity contribution in [3.8, 4) is 11.5 Å². The Bertz CT molecular complexity index is 1560. The van der Waals surface area contributed by atoms with Gasteiger partial charge in [0.2, 0.25) is 0 Å². The molecule has 0 N–H and O–H groups in total. The fourth-order valence-corrected chi connectivity index (χ4v) is 5.85. The molecule has 1 aliphatic carbocycles. The number of fused-ring (bicyclic) bond motifs is 1. The van der Waals surface area contributed by atoms with E-state index in [2.05, 4.69) is 0 Å². The Labute approximate surface area is 205 Å². The van der Waals surface area contributed by atoms with Crippen molar-refractivity contribution in [2.75, 3.05) is 14.2 Å². The van der Waals surface area contributed by atoms with Gasteiger partial charge in [-0.2, -0.15) is 0 Å². The number of hydrogen-bond donors (Lipinski definition) is 0. The summed E-state index contributed by atoms with van der Waals surface area (Å²) in [4.78, 5) is 32.2. The van der Waals surface area contributed by atoms with Gasteiger partial charge in [0.05, 0.1) is 30.5 Å². The van der Waals surface area contributed by atoms with Gasteiger partial charge in [0.25, 0.3) is 5.56 Å². The monoisotopic (exact) mass is 492 g/mol. The van der Waals surface area contributed by atoms with Crippen LogP contribution in [-0.2, 0) is 4.79 Å². The van der Waals surface area contributed by atoms with Gasteiger partial charge in [0.1, 0.15) is 5.82 Å². The second kappa shape index (κ2) is 8.61. The van der Waals surface area contributed by atoms with Crippen LogP contribution in [0.5, 0.6) is 11.5 Å². The van der Waals surface area contributed by atoms with E-state index in [1.165, 1.54) is 22.0 Å². The molecule has 0 bridgehead atoms. The van der Waals surface area contributed by atoms with Crippen LogP contribution in [0.3, 0.4) is 0 Å². The fourth-order valence-electron chi connectivity index (χ4n) is 4.83. The van der Waals surface area contributed by atoms with Crippen LogP contribution in [0.25, 0.3) is 6.08 Å². The minimum Gasteiger partial charge on any atom is -0.493 e. The molecule has 3 aromatic rings. The van der Waals surface area contributed by atoms with E-state index in [1.54, 1.807) is 50.6 Å². The maximum Gasteiger partial charge on any atom is 0.271 e. The number of rotatable bonds is 4. The van der Waals surface area contributed by atoms with Crippen molar-refractivity contribution in [1.82, 2.24) is 4.57 Å². The summed E-state index contributed by atoms with van der Waals surface area (Å²) in [5.74, 6) is 0.571. The number of halogens is 1. The number of carbonyl (C=O) groups is 1. The highest BCUT2D eigenvalue weighted by atomic mass is 32.1. The Hall–Kier alpha value is -3.52. The molecule has 0 saturated carbocycles. The molecular formula is C27H25FN2O4S. The molecule has 0 amide bonds. The highest BCUT2D eigenvalue weighted by Gasteiger charge is 2.41. The highest BCUT2D eigenvalue weighted by Crippen LogP contribution is 2.43. The van der Waals surface area contributed by atoms with E-state index in [1.807, 2.05) is 19.9 Å². The Morgan fingerprint density at radius 2 is 1.83 bits per heavy atom. The quantitative estimate of drug-likeness (QED) is 0.556. The van der Waals surface area contributed by atoms with E-state index < -0.39 is 11.9 Å². The SMILES string of the molecule is COc1ccc(C=c2sc3n(c2=O)C(c2ccccc2F)C2=C(CC(C)(C)CC2=O)N=3)cc1OC. The lowest BCUT2D eigenvalue weighted by atomic mass is 9.73. The van der Waals surface area contributed by atoms with Gasteiger partial charge >= 0.3 is 0 Å². The van der Waals surface area contributed by atoms with Gasteiger partial charge in [-0.1, -0.05) is 49.4 Å². The second-order valence-corrected chi connectivity index (χ2v) is 10.5. The van der Waals surface area contributed by atoms with Gasteiger partial charge in [-0.3, -0.25) is 14.2 Å². The van der Waals surface area contributed by atoms with Crippen molar-refractivity contribution >= 4 is 23.2 Å². The third-order valence-electron chi connectivity index (χ3n) is 6.40. The van der Waals surface area contributed by atoms with Crippen LogP contribution in [0.2, 0.25) is 0 Å². The molecule has 2 heterocycles. The van der Waals surface area contributed by atoms with Gasteiger partial charge in [-0.15, -0.1) is 0 Å². The summed E-state index contributed by atoms with van der Waals surface area (Å²) >= 11 is 1.23. The van der Waals surface area contributed by atoms with Crippen molar-refractivity contribution in [2.45, 2.75) is 32.7 Å². The molecule has 0 spiro atoms. The number of ketones is 1. The van der Waals surface area contributed by atoms with Crippen molar-refractivity contribution < 1.29 is 18.7 Å². The number of aromatic nitrogens is 1. The first-order valence-corrected chi connectivity index (χ1v) is 12.1. The van der Waals surface area contributed by atoms with Crippen LogP contribution in [0.1, 0.15) is 43.9 Å². The molecule has 0 saturated heterocycles. The summed E-state index contributed by atoms with van der Waals surface area (Å²) in [6.07, 6.45) is 2.66. The van der Waals surface area contributed by atoms with Gasteiger partial charge < -0.3 is 9.47 Å². The minimum atomic E-state index is -0.849. The predicted octanol–water partition coefficient (Wildman–Crippen LogP) is 3.76. The number of carbonyl (C=O) groups excluding carboxylic acids is 1. The molecular weight excluding hydrogens is 467 g/mol. The number of ether oxygens (including phenoxy) is 2. The Morgan fingerprint density at radius 3 is 2.54 bits per heavy atom. The zero-order valence-corrected chi connectivity index (χ0v) is 20.7. The number of allylic oxidation sites excluding steroid dienone is 2. The summed E-state index contributed by atoms with van der Waals surface area (Å²) < 4.78 is 27.6. The number of Topliss-reactive ketones (excluding diaryl/α,β-unsaturated/α-hetero) is 1. The lowest BCUT2D eigenvalue weighted by Gasteiger charge is -2.35. The van der Waals surface area contributed by atoms with Gasteiger partial charge in [0.15, 0.2) is 22.1 Å². The average molecular weight is 493 g/mol. The van der Waals surface area contributed by atoms with Crippen LogP contribution < -0.4 is 24.4 Å². The predicted molar refractivity (Wildman–Crippen MR) is 132 cm³/mol. The largest absolute Gasteiger partial charge is 0.493 e. The summed E-state index contributed by atoms with van der Waals surface area (Å²) in [6, 6.07) is 10.8. The van der Waals surface area contributed by atoms with Crippen LogP contribution >= 0.6 is 11.3 Å². The number of benzene rings is 2. The summed E-state index contributed by atoms with van der Waals surface area (Å²) in [7, 11) is 3.11. The van der Waals surface area contributed by atoms with Gasteiger partial charge in [-0.25, -0.2) is 9.38 Å². The maximum absolute atomic E-state index is 15.0. The molecule has 180 valence electrons. The third-order valence-corrected chi connectivity index (χ3v) is 7.38. The van der Waals surface area contributed by atoms with E-state index in [4.69, 9.17) is 14.5 Å². The lowest BCUT2D eigenvalue weighted by Crippen LogP contribution is -2.42. The van der Waals surface area contributed by atoms with Crippen molar-refractivity contribution in [2.24, 2.45) is 10.4 Å².